The van der Waals surface area contributed by atoms with Crippen LogP contribution in [0.2, 0.25) is 0 Å². The van der Waals surface area contributed by atoms with Gasteiger partial charge >= 0.3 is 0 Å². The van der Waals surface area contributed by atoms with Gasteiger partial charge in [-0.05, 0) is 30.5 Å². The highest BCUT2D eigenvalue weighted by Crippen LogP contribution is 2.21. The van der Waals surface area contributed by atoms with E-state index in [9.17, 15) is 9.90 Å². The Kier molecular flexibility index (Phi) is 5.17. The predicted molar refractivity (Wildman–Crippen MR) is 84.1 cm³/mol. The van der Waals surface area contributed by atoms with Crippen molar-refractivity contribution in [3.63, 3.8) is 0 Å². The number of carbonyl (C=O) groups excluding carboxylic acids is 1. The molecule has 21 heavy (non-hydrogen) atoms. The lowest BCUT2D eigenvalue weighted by molar-refractivity contribution is 0.0934. The Labute approximate surface area is 125 Å². The van der Waals surface area contributed by atoms with Crippen molar-refractivity contribution in [2.24, 2.45) is 7.05 Å². The van der Waals surface area contributed by atoms with Crippen LogP contribution in [0.15, 0.2) is 42.5 Å². The summed E-state index contributed by atoms with van der Waals surface area (Å²) in [4.78, 5) is 12.2. The van der Waals surface area contributed by atoms with Crippen molar-refractivity contribution in [3.8, 4) is 11.3 Å². The minimum Gasteiger partial charge on any atom is -0.393 e. The van der Waals surface area contributed by atoms with E-state index in [1.165, 1.54) is 0 Å². The van der Waals surface area contributed by atoms with Gasteiger partial charge in [0, 0.05) is 19.3 Å². The van der Waals surface area contributed by atoms with Gasteiger partial charge in [-0.25, -0.2) is 0 Å². The highest BCUT2D eigenvalue weighted by molar-refractivity contribution is 5.93. The Morgan fingerprint density at radius 2 is 1.95 bits per heavy atom. The second-order valence-electron chi connectivity index (χ2n) is 5.14. The van der Waals surface area contributed by atoms with Gasteiger partial charge < -0.3 is 15.0 Å². The quantitative estimate of drug-likeness (QED) is 0.857. The summed E-state index contributed by atoms with van der Waals surface area (Å²) in [5.41, 5.74) is 2.72. The molecule has 0 fully saturated rings. The van der Waals surface area contributed by atoms with Crippen LogP contribution < -0.4 is 5.32 Å². The Balaban J connectivity index is 2.05. The fraction of sp³-hybridized carbons (Fsp3) is 0.353. The smallest absolute Gasteiger partial charge is 0.267 e. The summed E-state index contributed by atoms with van der Waals surface area (Å²) in [5, 5.41) is 12.3. The average Bonchev–Trinajstić information content (AvgIpc) is 2.89. The molecule has 4 heteroatoms. The molecule has 1 amide bonds. The fourth-order valence-electron chi connectivity index (χ4n) is 2.29. The number of hydrogen-bond acceptors (Lipinski definition) is 2. The normalized spacial score (nSPS) is 12.1. The highest BCUT2D eigenvalue weighted by Gasteiger charge is 2.13. The number of carbonyl (C=O) groups is 1. The van der Waals surface area contributed by atoms with Gasteiger partial charge in [0.2, 0.25) is 0 Å². The summed E-state index contributed by atoms with van der Waals surface area (Å²) < 4.78 is 1.89. The topological polar surface area (TPSA) is 54.3 Å². The third-order valence-electron chi connectivity index (χ3n) is 3.66. The number of benzene rings is 1. The van der Waals surface area contributed by atoms with E-state index in [0.717, 1.165) is 11.3 Å². The zero-order chi connectivity index (χ0) is 15.2. The third-order valence-corrected chi connectivity index (χ3v) is 3.66. The van der Waals surface area contributed by atoms with E-state index in [2.05, 4.69) is 5.32 Å². The molecule has 2 rings (SSSR count). The van der Waals surface area contributed by atoms with Crippen molar-refractivity contribution < 1.29 is 9.90 Å². The summed E-state index contributed by atoms with van der Waals surface area (Å²) in [6, 6.07) is 13.8. The molecule has 1 aromatic carbocycles. The highest BCUT2D eigenvalue weighted by atomic mass is 16.3. The van der Waals surface area contributed by atoms with Crippen LogP contribution in [0.1, 0.15) is 30.3 Å². The first-order chi connectivity index (χ1) is 10.1. The lowest BCUT2D eigenvalue weighted by atomic mass is 10.2. The summed E-state index contributed by atoms with van der Waals surface area (Å²) in [6.07, 6.45) is 0.940. The molecule has 0 aliphatic rings. The van der Waals surface area contributed by atoms with Crippen molar-refractivity contribution in [1.82, 2.24) is 9.88 Å². The number of hydrogen-bond donors (Lipinski definition) is 2. The fourth-order valence-corrected chi connectivity index (χ4v) is 2.29. The number of aliphatic hydroxyl groups is 1. The molecular formula is C17H22N2O2. The minimum absolute atomic E-state index is 0.108. The minimum atomic E-state index is -0.349. The molecule has 0 saturated carbocycles. The number of rotatable bonds is 6. The maximum atomic E-state index is 12.2. The van der Waals surface area contributed by atoms with Gasteiger partial charge in [-0.1, -0.05) is 37.3 Å². The number of amides is 1. The second-order valence-corrected chi connectivity index (χ2v) is 5.14. The molecule has 0 aliphatic carbocycles. The average molecular weight is 286 g/mol. The van der Waals surface area contributed by atoms with E-state index >= 15 is 0 Å². The van der Waals surface area contributed by atoms with Gasteiger partial charge in [0.25, 0.3) is 5.91 Å². The van der Waals surface area contributed by atoms with Crippen LogP contribution in [-0.4, -0.2) is 28.2 Å². The first-order valence-electron chi connectivity index (χ1n) is 7.31. The number of nitrogens with one attached hydrogen (secondary N) is 1. The van der Waals surface area contributed by atoms with Gasteiger partial charge in [0.05, 0.1) is 6.10 Å². The number of nitrogens with zero attached hydrogens (tertiary/aromatic N) is 1. The van der Waals surface area contributed by atoms with Crippen LogP contribution in [0.25, 0.3) is 11.3 Å². The Morgan fingerprint density at radius 3 is 2.62 bits per heavy atom. The first kappa shape index (κ1) is 15.3. The van der Waals surface area contributed by atoms with Gasteiger partial charge in [-0.15, -0.1) is 0 Å². The number of aromatic nitrogens is 1. The molecule has 2 N–H and O–H groups in total. The summed E-state index contributed by atoms with van der Waals surface area (Å²) >= 11 is 0. The predicted octanol–water partition coefficient (Wildman–Crippen LogP) is 2.58. The van der Waals surface area contributed by atoms with Crippen molar-refractivity contribution in [2.75, 3.05) is 6.54 Å². The molecule has 112 valence electrons. The summed E-state index contributed by atoms with van der Waals surface area (Å²) in [7, 11) is 1.89. The van der Waals surface area contributed by atoms with Crippen LogP contribution in [0.3, 0.4) is 0 Å². The summed E-state index contributed by atoms with van der Waals surface area (Å²) in [6.45, 7) is 2.41. The lowest BCUT2D eigenvalue weighted by Crippen LogP contribution is -2.28. The summed E-state index contributed by atoms with van der Waals surface area (Å²) in [5.74, 6) is -0.108. The molecule has 1 heterocycles. The van der Waals surface area contributed by atoms with Crippen LogP contribution in [-0.2, 0) is 7.05 Å². The van der Waals surface area contributed by atoms with E-state index in [1.54, 1.807) is 0 Å². The van der Waals surface area contributed by atoms with E-state index in [1.807, 2.05) is 61.0 Å². The largest absolute Gasteiger partial charge is 0.393 e. The van der Waals surface area contributed by atoms with Gasteiger partial charge in [-0.3, -0.25) is 4.79 Å². The zero-order valence-electron chi connectivity index (χ0n) is 12.5. The molecule has 1 aromatic heterocycles. The Hall–Kier alpha value is -2.07. The monoisotopic (exact) mass is 286 g/mol. The van der Waals surface area contributed by atoms with E-state index in [4.69, 9.17) is 0 Å². The maximum absolute atomic E-state index is 12.2. The van der Waals surface area contributed by atoms with E-state index in [-0.39, 0.29) is 12.0 Å². The lowest BCUT2D eigenvalue weighted by Gasteiger charge is -2.10. The zero-order valence-corrected chi connectivity index (χ0v) is 12.5. The molecule has 4 nitrogen and oxygen atoms in total. The van der Waals surface area contributed by atoms with Gasteiger partial charge in [0.1, 0.15) is 5.69 Å². The molecule has 1 unspecified atom stereocenters. The maximum Gasteiger partial charge on any atom is 0.267 e. The van der Waals surface area contributed by atoms with Crippen LogP contribution >= 0.6 is 0 Å². The van der Waals surface area contributed by atoms with Gasteiger partial charge in [-0.2, -0.15) is 0 Å². The second kappa shape index (κ2) is 7.09. The molecule has 0 saturated heterocycles. The molecular weight excluding hydrogens is 264 g/mol. The van der Waals surface area contributed by atoms with Crippen LogP contribution in [0.5, 0.6) is 0 Å². The van der Waals surface area contributed by atoms with Crippen molar-refractivity contribution in [2.45, 2.75) is 25.9 Å². The Morgan fingerprint density at radius 1 is 1.24 bits per heavy atom. The third kappa shape index (κ3) is 3.73. The van der Waals surface area contributed by atoms with Crippen molar-refractivity contribution in [1.29, 1.82) is 0 Å². The van der Waals surface area contributed by atoms with Crippen molar-refractivity contribution in [3.05, 3.63) is 48.2 Å². The number of aliphatic hydroxyl groups excluding tert-OH is 1. The standard InChI is InChI=1S/C17H22N2O2/c1-3-14(20)11-12-18-17(21)16-10-9-15(19(16)2)13-7-5-4-6-8-13/h4-10,14,20H,3,11-12H2,1-2H3,(H,18,21). The Bertz CT molecular complexity index is 590. The SMILES string of the molecule is CCC(O)CCNC(=O)c1ccc(-c2ccccc2)n1C. The van der Waals surface area contributed by atoms with E-state index < -0.39 is 0 Å². The van der Waals surface area contributed by atoms with Crippen LogP contribution in [0.4, 0.5) is 0 Å². The first-order valence-corrected chi connectivity index (χ1v) is 7.31. The van der Waals surface area contributed by atoms with Gasteiger partial charge in [0.15, 0.2) is 0 Å². The van der Waals surface area contributed by atoms with E-state index in [0.29, 0.717) is 25.1 Å². The molecule has 2 aromatic rings. The molecule has 0 aliphatic heterocycles. The molecule has 0 radical (unpaired) electrons. The molecule has 0 bridgehead atoms. The molecule has 1 atom stereocenters. The van der Waals surface area contributed by atoms with Crippen molar-refractivity contribution >= 4 is 5.91 Å². The molecule has 0 spiro atoms. The van der Waals surface area contributed by atoms with Crippen LogP contribution in [0, 0.1) is 0 Å².